The van der Waals surface area contributed by atoms with Crippen LogP contribution in [0, 0.1) is 0 Å². The molecule has 1 aromatic rings. The number of aliphatic hydroxyl groups excluding tert-OH is 1. The third-order valence-corrected chi connectivity index (χ3v) is 5.33. The minimum atomic E-state index is -3.90. The third-order valence-electron chi connectivity index (χ3n) is 3.51. The Balaban J connectivity index is 2.27. The Morgan fingerprint density at radius 1 is 1.29 bits per heavy atom. The summed E-state index contributed by atoms with van der Waals surface area (Å²) in [6.07, 6.45) is 2.09. The molecule has 2 atom stereocenters. The number of hydrogen-bond acceptors (Lipinski definition) is 4. The van der Waals surface area contributed by atoms with Crippen LogP contribution in [0.2, 0.25) is 5.02 Å². The third kappa shape index (κ3) is 3.74. The van der Waals surface area contributed by atoms with Crippen molar-refractivity contribution >= 4 is 27.6 Å². The lowest BCUT2D eigenvalue weighted by Crippen LogP contribution is -2.44. The Bertz CT molecular complexity index is 646. The van der Waals surface area contributed by atoms with Crippen LogP contribution in [-0.4, -0.2) is 36.7 Å². The van der Waals surface area contributed by atoms with Crippen molar-refractivity contribution in [3.63, 3.8) is 0 Å². The first-order valence-electron chi connectivity index (χ1n) is 6.54. The highest BCUT2D eigenvalue weighted by atomic mass is 35.5. The quantitative estimate of drug-likeness (QED) is 0.776. The highest BCUT2D eigenvalue weighted by Gasteiger charge is 2.28. The van der Waals surface area contributed by atoms with E-state index in [9.17, 15) is 18.3 Å². The molecule has 8 heteroatoms. The zero-order chi connectivity index (χ0) is 15.6. The normalized spacial score (nSPS) is 23.0. The Morgan fingerprint density at radius 3 is 2.57 bits per heavy atom. The molecule has 0 saturated heterocycles. The Hall–Kier alpha value is -1.15. The SMILES string of the molecule is O=C(O)c1cc(S(=O)(=O)NC2CCCCC2O)ccc1Cl. The van der Waals surface area contributed by atoms with Crippen LogP contribution in [0.15, 0.2) is 23.1 Å². The molecule has 116 valence electrons. The van der Waals surface area contributed by atoms with E-state index in [1.165, 1.54) is 12.1 Å². The van der Waals surface area contributed by atoms with Crippen LogP contribution in [0.5, 0.6) is 0 Å². The zero-order valence-electron chi connectivity index (χ0n) is 11.1. The summed E-state index contributed by atoms with van der Waals surface area (Å²) in [5.41, 5.74) is -0.274. The maximum absolute atomic E-state index is 12.3. The van der Waals surface area contributed by atoms with Gasteiger partial charge in [0, 0.05) is 6.04 Å². The molecular weight excluding hydrogens is 318 g/mol. The molecular formula is C13H16ClNO5S. The topological polar surface area (TPSA) is 104 Å². The van der Waals surface area contributed by atoms with Gasteiger partial charge in [0.1, 0.15) is 0 Å². The maximum Gasteiger partial charge on any atom is 0.337 e. The molecule has 0 heterocycles. The Labute approximate surface area is 127 Å². The van der Waals surface area contributed by atoms with Gasteiger partial charge in [-0.3, -0.25) is 0 Å². The fourth-order valence-corrected chi connectivity index (χ4v) is 3.88. The van der Waals surface area contributed by atoms with Gasteiger partial charge in [0.05, 0.1) is 21.6 Å². The first-order valence-corrected chi connectivity index (χ1v) is 8.40. The number of benzene rings is 1. The molecule has 0 spiro atoms. The van der Waals surface area contributed by atoms with Gasteiger partial charge in [-0.1, -0.05) is 24.4 Å². The molecule has 3 N–H and O–H groups in total. The molecule has 6 nitrogen and oxygen atoms in total. The van der Waals surface area contributed by atoms with Crippen molar-refractivity contribution in [2.75, 3.05) is 0 Å². The van der Waals surface area contributed by atoms with Gasteiger partial charge in [-0.25, -0.2) is 17.9 Å². The van der Waals surface area contributed by atoms with Crippen molar-refractivity contribution in [1.82, 2.24) is 4.72 Å². The number of sulfonamides is 1. The van der Waals surface area contributed by atoms with Crippen LogP contribution >= 0.6 is 11.6 Å². The van der Waals surface area contributed by atoms with E-state index in [0.29, 0.717) is 12.8 Å². The average Bonchev–Trinajstić information content (AvgIpc) is 2.41. The number of carboxylic acid groups (broad SMARTS) is 1. The van der Waals surface area contributed by atoms with Crippen molar-refractivity contribution in [2.45, 2.75) is 42.7 Å². The predicted octanol–water partition coefficient (Wildman–Crippen LogP) is 1.62. The molecule has 0 bridgehead atoms. The second-order valence-corrected chi connectivity index (χ2v) is 7.15. The summed E-state index contributed by atoms with van der Waals surface area (Å²) >= 11 is 5.72. The van der Waals surface area contributed by atoms with Gasteiger partial charge in [0.15, 0.2) is 0 Å². The van der Waals surface area contributed by atoms with E-state index in [1.807, 2.05) is 0 Å². The molecule has 0 amide bonds. The standard InChI is InChI=1S/C13H16ClNO5S/c14-10-6-5-8(7-9(10)13(17)18)21(19,20)15-11-3-1-2-4-12(11)16/h5-7,11-12,15-16H,1-4H2,(H,17,18). The minimum Gasteiger partial charge on any atom is -0.478 e. The molecule has 0 radical (unpaired) electrons. The van der Waals surface area contributed by atoms with Gasteiger partial charge in [-0.05, 0) is 31.0 Å². The van der Waals surface area contributed by atoms with E-state index in [1.54, 1.807) is 0 Å². The molecule has 0 aromatic heterocycles. The van der Waals surface area contributed by atoms with Crippen LogP contribution < -0.4 is 4.72 Å². The maximum atomic E-state index is 12.3. The van der Waals surface area contributed by atoms with Crippen molar-refractivity contribution in [1.29, 1.82) is 0 Å². The van der Waals surface area contributed by atoms with Gasteiger partial charge in [-0.15, -0.1) is 0 Å². The summed E-state index contributed by atoms with van der Waals surface area (Å²) < 4.78 is 27.0. The van der Waals surface area contributed by atoms with Crippen LogP contribution in [0.3, 0.4) is 0 Å². The van der Waals surface area contributed by atoms with Crippen molar-refractivity contribution < 1.29 is 23.4 Å². The van der Waals surface area contributed by atoms with Crippen LogP contribution in [0.4, 0.5) is 0 Å². The van der Waals surface area contributed by atoms with Gasteiger partial charge < -0.3 is 10.2 Å². The Kier molecular flexibility index (Phi) is 4.88. The predicted molar refractivity (Wildman–Crippen MR) is 77.0 cm³/mol. The van der Waals surface area contributed by atoms with Crippen molar-refractivity contribution in [3.8, 4) is 0 Å². The second kappa shape index (κ2) is 6.31. The number of halogens is 1. The lowest BCUT2D eigenvalue weighted by atomic mass is 9.93. The first-order chi connectivity index (χ1) is 9.81. The molecule has 21 heavy (non-hydrogen) atoms. The highest BCUT2D eigenvalue weighted by molar-refractivity contribution is 7.89. The first kappa shape index (κ1) is 16.2. The van der Waals surface area contributed by atoms with E-state index in [2.05, 4.69) is 4.72 Å². The number of rotatable bonds is 4. The molecule has 1 aromatic carbocycles. The van der Waals surface area contributed by atoms with Crippen LogP contribution in [-0.2, 0) is 10.0 Å². The average molecular weight is 334 g/mol. The summed E-state index contributed by atoms with van der Waals surface area (Å²) in [4.78, 5) is 10.8. The largest absolute Gasteiger partial charge is 0.478 e. The number of carbonyl (C=O) groups is 1. The fraction of sp³-hybridized carbons (Fsp3) is 0.462. The number of nitrogens with one attached hydrogen (secondary N) is 1. The summed E-state index contributed by atoms with van der Waals surface area (Å²) in [6.45, 7) is 0. The fourth-order valence-electron chi connectivity index (χ4n) is 2.35. The lowest BCUT2D eigenvalue weighted by molar-refractivity contribution is 0.0696. The van der Waals surface area contributed by atoms with Crippen LogP contribution in [0.25, 0.3) is 0 Å². The van der Waals surface area contributed by atoms with Crippen molar-refractivity contribution in [3.05, 3.63) is 28.8 Å². The zero-order valence-corrected chi connectivity index (χ0v) is 12.7. The van der Waals surface area contributed by atoms with E-state index in [-0.39, 0.29) is 15.5 Å². The summed E-state index contributed by atoms with van der Waals surface area (Å²) in [6, 6.07) is 2.94. The molecule has 1 fully saturated rings. The molecule has 2 unspecified atom stereocenters. The molecule has 2 rings (SSSR count). The van der Waals surface area contributed by atoms with Gasteiger partial charge in [0.25, 0.3) is 0 Å². The van der Waals surface area contributed by atoms with Gasteiger partial charge in [0.2, 0.25) is 10.0 Å². The van der Waals surface area contributed by atoms with Gasteiger partial charge in [-0.2, -0.15) is 0 Å². The lowest BCUT2D eigenvalue weighted by Gasteiger charge is -2.28. The summed E-state index contributed by atoms with van der Waals surface area (Å²) in [7, 11) is -3.90. The summed E-state index contributed by atoms with van der Waals surface area (Å²) in [5, 5.41) is 18.8. The van der Waals surface area contributed by atoms with E-state index in [0.717, 1.165) is 18.9 Å². The number of aromatic carboxylic acids is 1. The number of aliphatic hydroxyl groups is 1. The molecule has 1 aliphatic carbocycles. The van der Waals surface area contributed by atoms with E-state index < -0.39 is 28.1 Å². The van der Waals surface area contributed by atoms with Gasteiger partial charge >= 0.3 is 5.97 Å². The molecule has 0 aliphatic heterocycles. The number of hydrogen-bond donors (Lipinski definition) is 3. The molecule has 1 aliphatic rings. The highest BCUT2D eigenvalue weighted by Crippen LogP contribution is 2.23. The Morgan fingerprint density at radius 2 is 1.95 bits per heavy atom. The van der Waals surface area contributed by atoms with E-state index in [4.69, 9.17) is 16.7 Å². The molecule has 1 saturated carbocycles. The second-order valence-electron chi connectivity index (χ2n) is 5.03. The smallest absolute Gasteiger partial charge is 0.337 e. The number of carboxylic acids is 1. The van der Waals surface area contributed by atoms with E-state index >= 15 is 0 Å². The minimum absolute atomic E-state index is 0.0286. The van der Waals surface area contributed by atoms with Crippen LogP contribution in [0.1, 0.15) is 36.0 Å². The monoisotopic (exact) mass is 333 g/mol. The van der Waals surface area contributed by atoms with Crippen molar-refractivity contribution in [2.24, 2.45) is 0 Å². The summed E-state index contributed by atoms with van der Waals surface area (Å²) in [5.74, 6) is -1.30.